The molecule has 2 bridgehead atoms. The molecule has 1 aromatic carbocycles. The molecular formula is C28H35ClF5N5S. The van der Waals surface area contributed by atoms with Gasteiger partial charge in [-0.1, -0.05) is 24.3 Å². The van der Waals surface area contributed by atoms with E-state index < -0.39 is 22.6 Å². The molecule has 1 aromatic rings. The number of benzene rings is 1. The van der Waals surface area contributed by atoms with E-state index in [1.54, 1.807) is 0 Å². The summed E-state index contributed by atoms with van der Waals surface area (Å²) in [5.41, 5.74) is -0.341. The Morgan fingerprint density at radius 1 is 1.25 bits per heavy atom. The van der Waals surface area contributed by atoms with Crippen LogP contribution in [-0.4, -0.2) is 85.2 Å². The van der Waals surface area contributed by atoms with Gasteiger partial charge in [-0.25, -0.2) is 8.78 Å². The number of aliphatic imine (C=N–C) groups is 1. The minimum Gasteiger partial charge on any atom is -0.361 e. The van der Waals surface area contributed by atoms with Gasteiger partial charge in [-0.2, -0.15) is 13.2 Å². The molecule has 0 aromatic heterocycles. The second-order valence-corrected chi connectivity index (χ2v) is 11.6. The van der Waals surface area contributed by atoms with Crippen molar-refractivity contribution < 1.29 is 22.0 Å². The highest BCUT2D eigenvalue weighted by atomic mass is 35.5. The number of likely N-dealkylation sites (N-methyl/N-ethyl adjacent to an activating group) is 2. The number of nitrogens with one attached hydrogen (secondary N) is 1. The van der Waals surface area contributed by atoms with E-state index in [0.29, 0.717) is 53.4 Å². The fourth-order valence-electron chi connectivity index (χ4n) is 4.82. The molecule has 3 atom stereocenters. The van der Waals surface area contributed by atoms with Crippen molar-refractivity contribution in [2.24, 2.45) is 4.99 Å². The molecule has 1 N–H and O–H groups in total. The molecule has 2 heterocycles. The molecule has 1 fully saturated rings. The predicted molar refractivity (Wildman–Crippen MR) is 156 cm³/mol. The van der Waals surface area contributed by atoms with Crippen LogP contribution in [0.5, 0.6) is 0 Å². The van der Waals surface area contributed by atoms with E-state index in [0.717, 1.165) is 18.2 Å². The lowest BCUT2D eigenvalue weighted by Crippen LogP contribution is -2.57. The molecule has 12 heteroatoms. The van der Waals surface area contributed by atoms with E-state index in [1.165, 1.54) is 18.0 Å². The maximum atomic E-state index is 14.6. The molecule has 0 aliphatic carbocycles. The fraction of sp³-hybridized carbons (Fsp3) is 0.464. The Bertz CT molecular complexity index is 1200. The molecule has 0 radical (unpaired) electrons. The average molecular weight is 604 g/mol. The zero-order valence-corrected chi connectivity index (χ0v) is 24.8. The zero-order chi connectivity index (χ0) is 29.8. The summed E-state index contributed by atoms with van der Waals surface area (Å²) in [4.78, 5) is 11.7. The Labute approximate surface area is 242 Å². The zero-order valence-electron chi connectivity index (χ0n) is 23.2. The topological polar surface area (TPSA) is 34.1 Å². The van der Waals surface area contributed by atoms with Crippen molar-refractivity contribution in [3.05, 3.63) is 64.9 Å². The first-order valence-corrected chi connectivity index (χ1v) is 14.1. The molecule has 3 unspecified atom stereocenters. The van der Waals surface area contributed by atoms with E-state index >= 15 is 0 Å². The standard InChI is InChI=1S/C28H35ClF5N5S/c1-7-35-25-21-12-22(28(32,33)34)20(8-9-23(29)24(31)10-11-30)26(25)40-16-19(15-37(4)5)36-27(21)39-13-17(2)38(6)18(3)14-39/h7-12,17-19,35H,1,13-16H2,2-6H3/b9-8+,11-10+,24-23-,36-27?. The van der Waals surface area contributed by atoms with Crippen LogP contribution >= 0.6 is 23.4 Å². The highest BCUT2D eigenvalue weighted by Gasteiger charge is 2.39. The van der Waals surface area contributed by atoms with Crippen molar-refractivity contribution in [3.63, 3.8) is 0 Å². The lowest BCUT2D eigenvalue weighted by atomic mass is 9.97. The number of alkyl halides is 3. The summed E-state index contributed by atoms with van der Waals surface area (Å²) in [6, 6.07) is 1.19. The number of piperazine rings is 1. The van der Waals surface area contributed by atoms with E-state index in [9.17, 15) is 22.0 Å². The molecule has 5 nitrogen and oxygen atoms in total. The third kappa shape index (κ3) is 7.48. The van der Waals surface area contributed by atoms with Gasteiger partial charge in [0.15, 0.2) is 0 Å². The molecule has 2 aliphatic rings. The average Bonchev–Trinajstić information content (AvgIpc) is 2.86. The van der Waals surface area contributed by atoms with Crippen molar-refractivity contribution in [3.8, 4) is 0 Å². The van der Waals surface area contributed by atoms with Crippen LogP contribution < -0.4 is 5.32 Å². The Balaban J connectivity index is 2.33. The highest BCUT2D eigenvalue weighted by Crippen LogP contribution is 2.45. The fourth-order valence-corrected chi connectivity index (χ4v) is 6.13. The maximum absolute atomic E-state index is 14.6. The van der Waals surface area contributed by atoms with Gasteiger partial charge in [-0.3, -0.25) is 9.89 Å². The normalized spacial score (nSPS) is 23.4. The maximum Gasteiger partial charge on any atom is 0.417 e. The first-order chi connectivity index (χ1) is 18.8. The van der Waals surface area contributed by atoms with Crippen LogP contribution in [0.15, 0.2) is 58.1 Å². The molecule has 1 saturated heterocycles. The summed E-state index contributed by atoms with van der Waals surface area (Å²) < 4.78 is 70.2. The molecule has 0 amide bonds. The van der Waals surface area contributed by atoms with E-state index in [2.05, 4.69) is 35.5 Å². The van der Waals surface area contributed by atoms with Gasteiger partial charge in [-0.05, 0) is 53.3 Å². The van der Waals surface area contributed by atoms with Gasteiger partial charge in [0.1, 0.15) is 11.7 Å². The summed E-state index contributed by atoms with van der Waals surface area (Å²) in [5, 5.41) is 2.53. The summed E-state index contributed by atoms with van der Waals surface area (Å²) in [6.45, 7) is 9.69. The minimum absolute atomic E-state index is 0.0350. The van der Waals surface area contributed by atoms with Gasteiger partial charge in [0.25, 0.3) is 0 Å². The van der Waals surface area contributed by atoms with Crippen LogP contribution in [0, 0.1) is 0 Å². The Morgan fingerprint density at radius 2 is 1.90 bits per heavy atom. The lowest BCUT2D eigenvalue weighted by Gasteiger charge is -2.44. The third-order valence-corrected chi connectivity index (χ3v) is 8.48. The second kappa shape index (κ2) is 13.5. The Kier molecular flexibility index (Phi) is 10.9. The van der Waals surface area contributed by atoms with Crippen LogP contribution in [0.4, 0.5) is 27.6 Å². The number of fused-ring (bicyclic) bond motifs is 2. The first-order valence-electron chi connectivity index (χ1n) is 12.8. The number of rotatable bonds is 7. The quantitative estimate of drug-likeness (QED) is 0.269. The van der Waals surface area contributed by atoms with Gasteiger partial charge < -0.3 is 15.1 Å². The first kappa shape index (κ1) is 32.2. The molecular weight excluding hydrogens is 569 g/mol. The van der Waals surface area contributed by atoms with Crippen LogP contribution in [0.25, 0.3) is 6.08 Å². The number of anilines is 1. The van der Waals surface area contributed by atoms with E-state index in [1.807, 2.05) is 26.0 Å². The van der Waals surface area contributed by atoms with Crippen LogP contribution in [0.2, 0.25) is 0 Å². The summed E-state index contributed by atoms with van der Waals surface area (Å²) >= 11 is 7.15. The Hall–Kier alpha value is -2.34. The summed E-state index contributed by atoms with van der Waals surface area (Å²) in [5.74, 6) is -0.219. The highest BCUT2D eigenvalue weighted by molar-refractivity contribution is 7.99. The molecule has 3 rings (SSSR count). The molecule has 40 heavy (non-hydrogen) atoms. The minimum atomic E-state index is -4.74. The van der Waals surface area contributed by atoms with Gasteiger partial charge >= 0.3 is 6.18 Å². The second-order valence-electron chi connectivity index (χ2n) is 10.2. The van der Waals surface area contributed by atoms with Gasteiger partial charge in [0.05, 0.1) is 28.7 Å². The number of amidine groups is 1. The van der Waals surface area contributed by atoms with Crippen molar-refractivity contribution in [2.45, 2.75) is 43.0 Å². The molecule has 2 aliphatic heterocycles. The van der Waals surface area contributed by atoms with Crippen molar-refractivity contribution in [1.29, 1.82) is 0 Å². The number of thioether (sulfide) groups is 1. The summed E-state index contributed by atoms with van der Waals surface area (Å²) in [6.07, 6.45) is -0.742. The Morgan fingerprint density at radius 3 is 2.45 bits per heavy atom. The monoisotopic (exact) mass is 603 g/mol. The van der Waals surface area contributed by atoms with E-state index in [-0.39, 0.29) is 30.0 Å². The number of hydrogen-bond donors (Lipinski definition) is 1. The molecule has 0 spiro atoms. The lowest BCUT2D eigenvalue weighted by molar-refractivity contribution is -0.137. The van der Waals surface area contributed by atoms with Crippen LogP contribution in [0.1, 0.15) is 30.5 Å². The smallest absolute Gasteiger partial charge is 0.361 e. The predicted octanol–water partition coefficient (Wildman–Crippen LogP) is 6.98. The van der Waals surface area contributed by atoms with Crippen LogP contribution in [0.3, 0.4) is 0 Å². The number of allylic oxidation sites excluding steroid dienone is 4. The SMILES string of the molecule is C=CNc1c2cc(C(F)(F)F)c(/C=C/C(Cl)=C(F)\C=C\F)c1SCC(CN(C)C)N=C2N1CC(C)N(C)C(C)C1. The number of hydrogen-bond acceptors (Lipinski definition) is 6. The van der Waals surface area contributed by atoms with Crippen molar-refractivity contribution in [2.75, 3.05) is 51.8 Å². The number of nitrogens with zero attached hydrogens (tertiary/aromatic N) is 4. The summed E-state index contributed by atoms with van der Waals surface area (Å²) in [7, 11) is 5.89. The van der Waals surface area contributed by atoms with Crippen LogP contribution in [-0.2, 0) is 6.18 Å². The largest absolute Gasteiger partial charge is 0.417 e. The molecule has 0 saturated carbocycles. The molecule has 220 valence electrons. The van der Waals surface area contributed by atoms with Crippen molar-refractivity contribution in [1.82, 2.24) is 14.7 Å². The van der Waals surface area contributed by atoms with Gasteiger partial charge in [0.2, 0.25) is 0 Å². The van der Waals surface area contributed by atoms with Gasteiger partial charge in [0, 0.05) is 59.6 Å². The third-order valence-electron chi connectivity index (χ3n) is 6.91. The van der Waals surface area contributed by atoms with E-state index in [4.69, 9.17) is 16.6 Å². The van der Waals surface area contributed by atoms with Gasteiger partial charge in [-0.15, -0.1) is 11.8 Å². The van der Waals surface area contributed by atoms with Crippen molar-refractivity contribution >= 4 is 41.0 Å². The number of halogens is 6.